The molecule has 220 valence electrons. The van der Waals surface area contributed by atoms with E-state index in [1.165, 1.54) is 121 Å². The first-order valence-corrected chi connectivity index (χ1v) is 15.5. The summed E-state index contributed by atoms with van der Waals surface area (Å²) in [6, 6.07) is 3.46. The van der Waals surface area contributed by atoms with Crippen LogP contribution in [-0.4, -0.2) is 21.9 Å². The summed E-state index contributed by atoms with van der Waals surface area (Å²) in [4.78, 5) is 20.6. The largest absolute Gasteiger partial charge is 0.301 e. The lowest BCUT2D eigenvalue weighted by atomic mass is 10.1. The number of hydrogen-bond acceptors (Lipinski definition) is 6. The molecule has 0 radical (unpaired) electrons. The Balaban J connectivity index is 1.89. The van der Waals surface area contributed by atoms with E-state index in [4.69, 9.17) is 11.6 Å². The SMILES string of the molecule is O=[N+]([O-])c1ccc(N/N=C/CCCCCCCCCC/C=C/CCCCCCCCCCCCl)c([N+](=O)[O-])c1. The normalized spacial score (nSPS) is 11.5. The summed E-state index contributed by atoms with van der Waals surface area (Å²) in [7, 11) is 0. The number of hydrogen-bond donors (Lipinski definition) is 1. The van der Waals surface area contributed by atoms with Crippen molar-refractivity contribution in [3.05, 3.63) is 50.6 Å². The number of non-ortho nitro benzene ring substituents is 1. The second-order valence-electron chi connectivity index (χ2n) is 10.2. The fourth-order valence-corrected chi connectivity index (χ4v) is 4.64. The zero-order valence-corrected chi connectivity index (χ0v) is 24.4. The van der Waals surface area contributed by atoms with E-state index in [-0.39, 0.29) is 17.1 Å². The van der Waals surface area contributed by atoms with E-state index in [0.29, 0.717) is 0 Å². The summed E-state index contributed by atoms with van der Waals surface area (Å²) < 4.78 is 0. The van der Waals surface area contributed by atoms with E-state index >= 15 is 0 Å². The van der Waals surface area contributed by atoms with Gasteiger partial charge in [-0.25, -0.2) is 0 Å². The van der Waals surface area contributed by atoms with Gasteiger partial charge in [0.25, 0.3) is 5.69 Å². The smallest absolute Gasteiger partial charge is 0.272 e. The number of allylic oxidation sites excluding steroid dienone is 2. The zero-order chi connectivity index (χ0) is 28.4. The molecule has 0 unspecified atom stereocenters. The van der Waals surface area contributed by atoms with Gasteiger partial charge >= 0.3 is 5.69 Å². The van der Waals surface area contributed by atoms with Crippen molar-refractivity contribution in [1.82, 2.24) is 0 Å². The van der Waals surface area contributed by atoms with Gasteiger partial charge in [-0.3, -0.25) is 25.7 Å². The topological polar surface area (TPSA) is 111 Å². The van der Waals surface area contributed by atoms with Crippen LogP contribution in [0.15, 0.2) is 35.5 Å². The van der Waals surface area contributed by atoms with E-state index in [0.717, 1.165) is 31.2 Å². The summed E-state index contributed by atoms with van der Waals surface area (Å²) in [5, 5.41) is 25.9. The van der Waals surface area contributed by atoms with Crippen LogP contribution in [0.2, 0.25) is 0 Å². The van der Waals surface area contributed by atoms with E-state index < -0.39 is 9.85 Å². The Morgan fingerprint density at radius 1 is 0.667 bits per heavy atom. The van der Waals surface area contributed by atoms with Crippen molar-refractivity contribution in [3.63, 3.8) is 0 Å². The Kier molecular flexibility index (Phi) is 21.7. The van der Waals surface area contributed by atoms with Gasteiger partial charge in [0.05, 0.1) is 15.9 Å². The minimum absolute atomic E-state index is 0.142. The predicted octanol–water partition coefficient (Wildman–Crippen LogP) is 10.5. The molecule has 0 saturated heterocycles. The van der Waals surface area contributed by atoms with Crippen LogP contribution in [0, 0.1) is 20.2 Å². The van der Waals surface area contributed by atoms with Crippen molar-refractivity contribution in [3.8, 4) is 0 Å². The number of hydrazone groups is 1. The van der Waals surface area contributed by atoms with E-state index in [9.17, 15) is 20.2 Å². The average Bonchev–Trinajstić information content (AvgIpc) is 2.92. The molecule has 0 atom stereocenters. The van der Waals surface area contributed by atoms with Gasteiger partial charge in [-0.2, -0.15) is 5.10 Å². The average molecular weight is 565 g/mol. The molecule has 1 N–H and O–H groups in total. The van der Waals surface area contributed by atoms with Gasteiger partial charge in [-0.05, 0) is 51.0 Å². The summed E-state index contributed by atoms with van der Waals surface area (Å²) in [6.45, 7) is 0. The van der Waals surface area contributed by atoms with Crippen molar-refractivity contribution in [1.29, 1.82) is 0 Å². The molecule has 9 heteroatoms. The molecule has 1 aromatic carbocycles. The molecule has 0 fully saturated rings. The van der Waals surface area contributed by atoms with Crippen molar-refractivity contribution in [2.75, 3.05) is 11.3 Å². The quantitative estimate of drug-likeness (QED) is 0.0300. The first-order chi connectivity index (χ1) is 19.1. The lowest BCUT2D eigenvalue weighted by molar-refractivity contribution is -0.393. The molecule has 0 aromatic heterocycles. The Morgan fingerprint density at radius 2 is 1.13 bits per heavy atom. The number of benzene rings is 1. The van der Waals surface area contributed by atoms with Gasteiger partial charge in [0, 0.05) is 18.2 Å². The van der Waals surface area contributed by atoms with Gasteiger partial charge in [0.2, 0.25) is 0 Å². The summed E-state index contributed by atoms with van der Waals surface area (Å²) in [6.07, 6.45) is 31.5. The fourth-order valence-electron chi connectivity index (χ4n) is 4.45. The number of nitrogens with zero attached hydrogens (tertiary/aromatic N) is 3. The Morgan fingerprint density at radius 3 is 1.59 bits per heavy atom. The van der Waals surface area contributed by atoms with Gasteiger partial charge in [-0.1, -0.05) is 95.6 Å². The molecule has 39 heavy (non-hydrogen) atoms. The molecule has 0 spiro atoms. The van der Waals surface area contributed by atoms with Crippen molar-refractivity contribution in [2.24, 2.45) is 5.10 Å². The van der Waals surface area contributed by atoms with Gasteiger partial charge < -0.3 is 0 Å². The van der Waals surface area contributed by atoms with E-state index in [1.54, 1.807) is 6.21 Å². The molecule has 1 rings (SSSR count). The minimum Gasteiger partial charge on any atom is -0.272 e. The Labute approximate surface area is 240 Å². The van der Waals surface area contributed by atoms with Crippen molar-refractivity contribution < 1.29 is 9.85 Å². The van der Waals surface area contributed by atoms with Gasteiger partial charge in [0.1, 0.15) is 5.69 Å². The van der Waals surface area contributed by atoms with Crippen molar-refractivity contribution >= 4 is 34.9 Å². The second-order valence-corrected chi connectivity index (χ2v) is 10.6. The van der Waals surface area contributed by atoms with Crippen LogP contribution < -0.4 is 5.43 Å². The third-order valence-electron chi connectivity index (χ3n) is 6.79. The Hall–Kier alpha value is -2.48. The molecule has 0 bridgehead atoms. The molecule has 0 aliphatic rings. The molecule has 0 amide bonds. The summed E-state index contributed by atoms with van der Waals surface area (Å²) >= 11 is 5.70. The molecule has 0 aliphatic carbocycles. The minimum atomic E-state index is -0.656. The number of halogens is 1. The van der Waals surface area contributed by atoms with Crippen molar-refractivity contribution in [2.45, 2.75) is 128 Å². The first kappa shape index (κ1) is 34.5. The number of alkyl halides is 1. The summed E-state index contributed by atoms with van der Waals surface area (Å²) in [5.74, 6) is 0.810. The maximum atomic E-state index is 11.1. The third-order valence-corrected chi connectivity index (χ3v) is 7.06. The molecule has 8 nitrogen and oxygen atoms in total. The highest BCUT2D eigenvalue weighted by molar-refractivity contribution is 6.17. The molecular formula is C30H49ClN4O4. The monoisotopic (exact) mass is 564 g/mol. The molecular weight excluding hydrogens is 516 g/mol. The van der Waals surface area contributed by atoms with E-state index in [2.05, 4.69) is 22.7 Å². The second kappa shape index (κ2) is 24.6. The molecule has 1 aromatic rings. The van der Waals surface area contributed by atoms with Crippen LogP contribution in [0.25, 0.3) is 0 Å². The van der Waals surface area contributed by atoms with Gasteiger partial charge in [0.15, 0.2) is 0 Å². The third kappa shape index (κ3) is 19.3. The highest BCUT2D eigenvalue weighted by Crippen LogP contribution is 2.28. The maximum Gasteiger partial charge on any atom is 0.301 e. The van der Waals surface area contributed by atoms with Crippen LogP contribution in [0.4, 0.5) is 17.1 Å². The van der Waals surface area contributed by atoms with Crippen LogP contribution in [0.3, 0.4) is 0 Å². The number of nitro benzene ring substituents is 2. The first-order valence-electron chi connectivity index (χ1n) is 15.0. The molecule has 0 heterocycles. The van der Waals surface area contributed by atoms with E-state index in [1.807, 2.05) is 0 Å². The molecule has 0 saturated carbocycles. The van der Waals surface area contributed by atoms with Crippen LogP contribution in [0.1, 0.15) is 128 Å². The maximum absolute atomic E-state index is 11.1. The highest BCUT2D eigenvalue weighted by Gasteiger charge is 2.18. The number of rotatable bonds is 26. The Bertz CT molecular complexity index is 848. The predicted molar refractivity (Wildman–Crippen MR) is 164 cm³/mol. The highest BCUT2D eigenvalue weighted by atomic mass is 35.5. The zero-order valence-electron chi connectivity index (χ0n) is 23.7. The van der Waals surface area contributed by atoms with Crippen LogP contribution in [-0.2, 0) is 0 Å². The number of nitro groups is 2. The molecule has 0 aliphatic heterocycles. The number of nitrogens with one attached hydrogen (secondary N) is 1. The lowest BCUT2D eigenvalue weighted by Gasteiger charge is -2.02. The van der Waals surface area contributed by atoms with Crippen LogP contribution in [0.5, 0.6) is 0 Å². The van der Waals surface area contributed by atoms with Gasteiger partial charge in [-0.15, -0.1) is 11.6 Å². The lowest BCUT2D eigenvalue weighted by Crippen LogP contribution is -1.98. The number of unbranched alkanes of at least 4 members (excludes halogenated alkanes) is 18. The number of anilines is 1. The van der Waals surface area contributed by atoms with Crippen LogP contribution >= 0.6 is 11.6 Å². The fraction of sp³-hybridized carbons (Fsp3) is 0.700. The summed E-state index contributed by atoms with van der Waals surface area (Å²) in [5.41, 5.74) is 2.08. The standard InChI is InChI=1S/C30H49ClN4O4/c31-25-21-19-17-15-13-11-9-7-5-3-1-2-4-6-8-10-12-14-16-18-20-22-26-32-33-29-24-23-28(34(36)37)27-30(29)35(38)39/h1-2,23-24,26-27,33H,3-22,25H2/b2-1+,32-26+.